The van der Waals surface area contributed by atoms with Gasteiger partial charge in [-0.05, 0) is 19.8 Å². The van der Waals surface area contributed by atoms with Crippen molar-refractivity contribution < 1.29 is 17.9 Å². The van der Waals surface area contributed by atoms with E-state index in [0.717, 1.165) is 6.42 Å². The number of methoxy groups -OCH3 is 1. The Morgan fingerprint density at radius 3 is 2.78 bits per heavy atom. The van der Waals surface area contributed by atoms with Gasteiger partial charge in [0.25, 0.3) is 0 Å². The first-order chi connectivity index (χ1) is 8.47. The first-order valence-electron chi connectivity index (χ1n) is 6.19. The molecule has 1 amide bonds. The van der Waals surface area contributed by atoms with Crippen LogP contribution in [-0.2, 0) is 19.4 Å². The van der Waals surface area contributed by atoms with Crippen LogP contribution in [0.1, 0.15) is 19.8 Å². The number of carbonyl (C=O) groups is 1. The predicted octanol–water partition coefficient (Wildman–Crippen LogP) is -0.696. The number of hydrogen-bond donors (Lipinski definition) is 2. The third-order valence-electron chi connectivity index (χ3n) is 3.11. The van der Waals surface area contributed by atoms with E-state index in [-0.39, 0.29) is 16.9 Å². The van der Waals surface area contributed by atoms with Crippen LogP contribution >= 0.6 is 0 Å². The second kappa shape index (κ2) is 7.06. The fourth-order valence-electron chi connectivity index (χ4n) is 1.92. The molecule has 2 unspecified atom stereocenters. The first-order valence-corrected chi connectivity index (χ1v) is 7.90. The lowest BCUT2D eigenvalue weighted by molar-refractivity contribution is -0.122. The maximum Gasteiger partial charge on any atom is 0.236 e. The maximum absolute atomic E-state index is 11.6. The summed E-state index contributed by atoms with van der Waals surface area (Å²) in [5, 5.41) is 5.34. The number of ether oxygens (including phenoxy) is 1. The number of nitrogens with one attached hydrogen (secondary N) is 2. The molecule has 0 aromatic rings. The van der Waals surface area contributed by atoms with Gasteiger partial charge in [0.2, 0.25) is 5.91 Å². The van der Waals surface area contributed by atoms with Crippen molar-refractivity contribution in [1.29, 1.82) is 0 Å². The molecule has 0 aliphatic carbocycles. The van der Waals surface area contributed by atoms with E-state index in [1.54, 1.807) is 14.0 Å². The zero-order chi connectivity index (χ0) is 13.6. The van der Waals surface area contributed by atoms with Gasteiger partial charge in [-0.3, -0.25) is 4.79 Å². The van der Waals surface area contributed by atoms with E-state index in [1.165, 1.54) is 0 Å². The fourth-order valence-corrected chi connectivity index (χ4v) is 3.70. The SMILES string of the molecule is COCCNC(=O)C(C)NCC1CCCS1(=O)=O. The molecule has 0 aromatic heterocycles. The predicted molar refractivity (Wildman–Crippen MR) is 69.2 cm³/mol. The van der Waals surface area contributed by atoms with Crippen molar-refractivity contribution in [1.82, 2.24) is 10.6 Å². The Balaban J connectivity index is 2.28. The number of carbonyl (C=O) groups excluding carboxylic acids is 1. The molecule has 0 radical (unpaired) electrons. The third kappa shape index (κ3) is 4.55. The largest absolute Gasteiger partial charge is 0.383 e. The van der Waals surface area contributed by atoms with Gasteiger partial charge in [0.15, 0.2) is 9.84 Å². The highest BCUT2D eigenvalue weighted by atomic mass is 32.2. The lowest BCUT2D eigenvalue weighted by atomic mass is 10.2. The van der Waals surface area contributed by atoms with Gasteiger partial charge in [-0.25, -0.2) is 8.42 Å². The highest BCUT2D eigenvalue weighted by Crippen LogP contribution is 2.19. The monoisotopic (exact) mass is 278 g/mol. The first kappa shape index (κ1) is 15.4. The number of sulfone groups is 1. The van der Waals surface area contributed by atoms with Crippen LogP contribution < -0.4 is 10.6 Å². The van der Waals surface area contributed by atoms with Gasteiger partial charge in [-0.2, -0.15) is 0 Å². The van der Waals surface area contributed by atoms with Crippen molar-refractivity contribution in [3.05, 3.63) is 0 Å². The second-order valence-electron chi connectivity index (χ2n) is 4.54. The van der Waals surface area contributed by atoms with Crippen molar-refractivity contribution in [2.75, 3.05) is 32.6 Å². The molecule has 1 aliphatic rings. The molecule has 0 bridgehead atoms. The summed E-state index contributed by atoms with van der Waals surface area (Å²) < 4.78 is 28.0. The maximum atomic E-state index is 11.6. The third-order valence-corrected chi connectivity index (χ3v) is 5.39. The second-order valence-corrected chi connectivity index (χ2v) is 6.95. The van der Waals surface area contributed by atoms with Crippen molar-refractivity contribution >= 4 is 15.7 Å². The molecule has 1 fully saturated rings. The van der Waals surface area contributed by atoms with Crippen LogP contribution in [0.15, 0.2) is 0 Å². The van der Waals surface area contributed by atoms with Gasteiger partial charge in [0, 0.05) is 20.2 Å². The minimum atomic E-state index is -2.94. The van der Waals surface area contributed by atoms with E-state index in [4.69, 9.17) is 4.74 Å². The summed E-state index contributed by atoms with van der Waals surface area (Å²) in [6, 6.07) is -0.391. The van der Waals surface area contributed by atoms with E-state index < -0.39 is 15.9 Å². The van der Waals surface area contributed by atoms with Crippen LogP contribution in [0.25, 0.3) is 0 Å². The normalized spacial score (nSPS) is 23.8. The number of rotatable bonds is 7. The van der Waals surface area contributed by atoms with Crippen LogP contribution in [0, 0.1) is 0 Å². The average Bonchev–Trinajstić information content (AvgIpc) is 2.65. The zero-order valence-electron chi connectivity index (χ0n) is 10.9. The lowest BCUT2D eigenvalue weighted by Gasteiger charge is -2.16. The van der Waals surface area contributed by atoms with Crippen molar-refractivity contribution in [3.8, 4) is 0 Å². The summed E-state index contributed by atoms with van der Waals surface area (Å²) >= 11 is 0. The topological polar surface area (TPSA) is 84.5 Å². The summed E-state index contributed by atoms with van der Waals surface area (Å²) in [6.07, 6.45) is 1.41. The molecule has 1 rings (SSSR count). The molecule has 7 heteroatoms. The summed E-state index contributed by atoms with van der Waals surface area (Å²) in [4.78, 5) is 11.6. The lowest BCUT2D eigenvalue weighted by Crippen LogP contribution is -2.46. The molecular formula is C11H22N2O4S. The van der Waals surface area contributed by atoms with Crippen LogP contribution in [0.4, 0.5) is 0 Å². The fraction of sp³-hybridized carbons (Fsp3) is 0.909. The van der Waals surface area contributed by atoms with Crippen LogP contribution in [0.2, 0.25) is 0 Å². The van der Waals surface area contributed by atoms with Gasteiger partial charge >= 0.3 is 0 Å². The quantitative estimate of drug-likeness (QED) is 0.602. The minimum absolute atomic E-state index is 0.137. The molecule has 1 saturated heterocycles. The zero-order valence-corrected chi connectivity index (χ0v) is 11.8. The smallest absolute Gasteiger partial charge is 0.236 e. The summed E-state index contributed by atoms with van der Waals surface area (Å²) in [5.41, 5.74) is 0. The van der Waals surface area contributed by atoms with Crippen molar-refractivity contribution in [2.24, 2.45) is 0 Å². The van der Waals surface area contributed by atoms with E-state index in [0.29, 0.717) is 26.1 Å². The van der Waals surface area contributed by atoms with Crippen LogP contribution in [0.5, 0.6) is 0 Å². The number of amides is 1. The molecule has 2 atom stereocenters. The molecule has 0 saturated carbocycles. The molecule has 0 aromatic carbocycles. The van der Waals surface area contributed by atoms with Crippen LogP contribution in [-0.4, -0.2) is 58.2 Å². The molecule has 0 spiro atoms. The summed E-state index contributed by atoms with van der Waals surface area (Å²) in [5.74, 6) is 0.135. The highest BCUT2D eigenvalue weighted by Gasteiger charge is 2.31. The summed E-state index contributed by atoms with van der Waals surface area (Å²) in [6.45, 7) is 3.00. The molecule has 18 heavy (non-hydrogen) atoms. The van der Waals surface area contributed by atoms with Gasteiger partial charge in [0.05, 0.1) is 23.7 Å². The average molecular weight is 278 g/mol. The van der Waals surface area contributed by atoms with Crippen molar-refractivity contribution in [3.63, 3.8) is 0 Å². The van der Waals surface area contributed by atoms with Crippen molar-refractivity contribution in [2.45, 2.75) is 31.1 Å². The van der Waals surface area contributed by atoms with E-state index in [9.17, 15) is 13.2 Å². The number of hydrogen-bond acceptors (Lipinski definition) is 5. The Kier molecular flexibility index (Phi) is 6.04. The molecule has 1 heterocycles. The molecule has 6 nitrogen and oxygen atoms in total. The van der Waals surface area contributed by atoms with Gasteiger partial charge in [0.1, 0.15) is 0 Å². The van der Waals surface area contributed by atoms with E-state index >= 15 is 0 Å². The standard InChI is InChI=1S/C11H22N2O4S/c1-9(11(14)12-5-6-17-2)13-8-10-4-3-7-18(10,15)16/h9-10,13H,3-8H2,1-2H3,(H,12,14). The van der Waals surface area contributed by atoms with Crippen LogP contribution in [0.3, 0.4) is 0 Å². The van der Waals surface area contributed by atoms with Gasteiger partial charge in [-0.15, -0.1) is 0 Å². The molecular weight excluding hydrogens is 256 g/mol. The molecule has 2 N–H and O–H groups in total. The Hall–Kier alpha value is -0.660. The molecule has 106 valence electrons. The summed E-state index contributed by atoms with van der Waals surface area (Å²) in [7, 11) is -1.38. The van der Waals surface area contributed by atoms with Gasteiger partial charge in [-0.1, -0.05) is 0 Å². The Morgan fingerprint density at radius 1 is 1.50 bits per heavy atom. The van der Waals surface area contributed by atoms with E-state index in [1.807, 2.05) is 0 Å². The Bertz CT molecular complexity index is 369. The Morgan fingerprint density at radius 2 is 2.22 bits per heavy atom. The highest BCUT2D eigenvalue weighted by molar-refractivity contribution is 7.92. The Labute approximate surface area is 108 Å². The van der Waals surface area contributed by atoms with Gasteiger partial charge < -0.3 is 15.4 Å². The van der Waals surface area contributed by atoms with E-state index in [2.05, 4.69) is 10.6 Å². The minimum Gasteiger partial charge on any atom is -0.383 e. The molecule has 1 aliphatic heterocycles.